The fourth-order valence-corrected chi connectivity index (χ4v) is 4.10. The molecule has 0 bridgehead atoms. The van der Waals surface area contributed by atoms with Gasteiger partial charge in [0.05, 0.1) is 16.9 Å². The number of aryl methyl sites for hydroxylation is 1. The number of carbonyl (C=O) groups is 2. The molecule has 2 atom stereocenters. The monoisotopic (exact) mass is 373 g/mol. The first-order valence-electron chi connectivity index (χ1n) is 8.68. The van der Waals surface area contributed by atoms with Gasteiger partial charge < -0.3 is 10.6 Å². The molecule has 0 spiro atoms. The van der Waals surface area contributed by atoms with Gasteiger partial charge in [0.2, 0.25) is 11.8 Å². The SMILES string of the molecule is Cc1ccccc1-n1cnnc1SC(C)C(=O)N1CCCC(C(N)=O)C1. The average molecular weight is 373 g/mol. The van der Waals surface area contributed by atoms with E-state index >= 15 is 0 Å². The van der Waals surface area contributed by atoms with E-state index in [9.17, 15) is 9.59 Å². The zero-order valence-corrected chi connectivity index (χ0v) is 15.8. The van der Waals surface area contributed by atoms with E-state index in [-0.39, 0.29) is 23.0 Å². The maximum atomic E-state index is 12.8. The number of thioether (sulfide) groups is 1. The van der Waals surface area contributed by atoms with Gasteiger partial charge in [-0.3, -0.25) is 14.2 Å². The molecule has 7 nitrogen and oxygen atoms in total. The number of aromatic nitrogens is 3. The number of nitrogens with two attached hydrogens (primary N) is 1. The fourth-order valence-electron chi connectivity index (χ4n) is 3.18. The Labute approximate surface area is 157 Å². The third kappa shape index (κ3) is 3.90. The molecule has 2 N–H and O–H groups in total. The predicted octanol–water partition coefficient (Wildman–Crippen LogP) is 1.78. The first-order valence-corrected chi connectivity index (χ1v) is 9.56. The van der Waals surface area contributed by atoms with E-state index < -0.39 is 0 Å². The molecule has 138 valence electrons. The molecule has 26 heavy (non-hydrogen) atoms. The van der Waals surface area contributed by atoms with Gasteiger partial charge in [-0.15, -0.1) is 10.2 Å². The predicted molar refractivity (Wildman–Crippen MR) is 99.9 cm³/mol. The van der Waals surface area contributed by atoms with E-state index in [1.165, 1.54) is 11.8 Å². The standard InChI is InChI=1S/C18H23N5O2S/c1-12-6-3-4-8-15(12)23-11-20-21-18(23)26-13(2)17(25)22-9-5-7-14(10-22)16(19)24/h3-4,6,8,11,13-14H,5,7,9-10H2,1-2H3,(H2,19,24). The summed E-state index contributed by atoms with van der Waals surface area (Å²) in [6.45, 7) is 4.95. The lowest BCUT2D eigenvalue weighted by molar-refractivity contribution is -0.134. The second-order valence-corrected chi connectivity index (χ2v) is 7.86. The molecule has 3 rings (SSSR count). The summed E-state index contributed by atoms with van der Waals surface area (Å²) in [5.41, 5.74) is 7.51. The zero-order chi connectivity index (χ0) is 18.7. The minimum atomic E-state index is -0.331. The molecule has 1 aliphatic rings. The van der Waals surface area contributed by atoms with Crippen LogP contribution in [0, 0.1) is 12.8 Å². The molecule has 2 aromatic rings. The third-order valence-corrected chi connectivity index (χ3v) is 5.70. The Morgan fingerprint density at radius 2 is 2.12 bits per heavy atom. The number of nitrogens with zero attached hydrogens (tertiary/aromatic N) is 4. The van der Waals surface area contributed by atoms with Crippen LogP contribution in [0.2, 0.25) is 0 Å². The van der Waals surface area contributed by atoms with Crippen LogP contribution in [0.25, 0.3) is 5.69 Å². The molecule has 0 aliphatic carbocycles. The number of rotatable bonds is 5. The Kier molecular flexibility index (Phi) is 5.61. The van der Waals surface area contributed by atoms with Crippen LogP contribution in [0.5, 0.6) is 0 Å². The minimum Gasteiger partial charge on any atom is -0.369 e. The number of primary amides is 1. The third-order valence-electron chi connectivity index (χ3n) is 4.66. The Morgan fingerprint density at radius 1 is 1.35 bits per heavy atom. The van der Waals surface area contributed by atoms with Gasteiger partial charge in [-0.05, 0) is 38.3 Å². The number of amides is 2. The van der Waals surface area contributed by atoms with Gasteiger partial charge in [0.25, 0.3) is 0 Å². The second kappa shape index (κ2) is 7.90. The molecule has 0 saturated carbocycles. The summed E-state index contributed by atoms with van der Waals surface area (Å²) in [7, 11) is 0. The second-order valence-electron chi connectivity index (χ2n) is 6.56. The summed E-state index contributed by atoms with van der Waals surface area (Å²) in [6, 6.07) is 7.96. The van der Waals surface area contributed by atoms with Crippen LogP contribution in [0.3, 0.4) is 0 Å². The van der Waals surface area contributed by atoms with E-state index in [2.05, 4.69) is 10.2 Å². The Bertz CT molecular complexity index is 806. The van der Waals surface area contributed by atoms with Crippen molar-refractivity contribution in [2.75, 3.05) is 13.1 Å². The number of para-hydroxylation sites is 1. The van der Waals surface area contributed by atoms with E-state index in [0.29, 0.717) is 18.2 Å². The van der Waals surface area contributed by atoms with Crippen molar-refractivity contribution in [3.8, 4) is 5.69 Å². The molecular weight excluding hydrogens is 350 g/mol. The Morgan fingerprint density at radius 3 is 2.85 bits per heavy atom. The van der Waals surface area contributed by atoms with Crippen molar-refractivity contribution in [1.82, 2.24) is 19.7 Å². The van der Waals surface area contributed by atoms with Crippen molar-refractivity contribution in [1.29, 1.82) is 0 Å². The molecule has 2 amide bonds. The van der Waals surface area contributed by atoms with Crippen LogP contribution in [0.15, 0.2) is 35.7 Å². The highest BCUT2D eigenvalue weighted by Crippen LogP contribution is 2.27. The smallest absolute Gasteiger partial charge is 0.235 e. The van der Waals surface area contributed by atoms with E-state index in [0.717, 1.165) is 24.1 Å². The van der Waals surface area contributed by atoms with Crippen molar-refractivity contribution in [3.63, 3.8) is 0 Å². The highest BCUT2D eigenvalue weighted by molar-refractivity contribution is 8.00. The average Bonchev–Trinajstić information content (AvgIpc) is 3.09. The van der Waals surface area contributed by atoms with Gasteiger partial charge >= 0.3 is 0 Å². The van der Waals surface area contributed by atoms with E-state index in [4.69, 9.17) is 5.73 Å². The maximum absolute atomic E-state index is 12.8. The summed E-state index contributed by atoms with van der Waals surface area (Å²) < 4.78 is 1.90. The fraction of sp³-hybridized carbons (Fsp3) is 0.444. The van der Waals surface area contributed by atoms with Crippen LogP contribution >= 0.6 is 11.8 Å². The molecule has 8 heteroatoms. The maximum Gasteiger partial charge on any atom is 0.235 e. The van der Waals surface area contributed by atoms with Crippen LogP contribution in [0.1, 0.15) is 25.3 Å². The lowest BCUT2D eigenvalue weighted by atomic mass is 9.97. The molecule has 2 unspecified atom stereocenters. The molecule has 2 heterocycles. The van der Waals surface area contributed by atoms with Crippen molar-refractivity contribution in [2.45, 2.75) is 37.1 Å². The molecule has 1 fully saturated rings. The number of hydrogen-bond donors (Lipinski definition) is 1. The van der Waals surface area contributed by atoms with Crippen LogP contribution in [0.4, 0.5) is 0 Å². The number of carbonyl (C=O) groups excluding carboxylic acids is 2. The molecule has 0 radical (unpaired) electrons. The number of likely N-dealkylation sites (tertiary alicyclic amines) is 1. The zero-order valence-electron chi connectivity index (χ0n) is 15.0. The van der Waals surface area contributed by atoms with Gasteiger partial charge in [0.1, 0.15) is 6.33 Å². The number of hydrogen-bond acceptors (Lipinski definition) is 5. The Balaban J connectivity index is 1.72. The van der Waals surface area contributed by atoms with E-state index in [1.807, 2.05) is 42.7 Å². The summed E-state index contributed by atoms with van der Waals surface area (Å²) in [5, 5.41) is 8.53. The first kappa shape index (κ1) is 18.4. The molecule has 1 saturated heterocycles. The summed E-state index contributed by atoms with van der Waals surface area (Å²) >= 11 is 1.37. The van der Waals surface area contributed by atoms with Crippen LogP contribution in [-0.4, -0.2) is 49.8 Å². The molecule has 1 aromatic heterocycles. The highest BCUT2D eigenvalue weighted by Gasteiger charge is 2.30. The molecule has 1 aliphatic heterocycles. The first-order chi connectivity index (χ1) is 12.5. The lowest BCUT2D eigenvalue weighted by Gasteiger charge is -2.32. The summed E-state index contributed by atoms with van der Waals surface area (Å²) in [4.78, 5) is 26.0. The van der Waals surface area contributed by atoms with Gasteiger partial charge in [-0.2, -0.15) is 0 Å². The number of piperidine rings is 1. The van der Waals surface area contributed by atoms with Gasteiger partial charge in [0.15, 0.2) is 5.16 Å². The van der Waals surface area contributed by atoms with Crippen molar-refractivity contribution < 1.29 is 9.59 Å². The normalized spacial score (nSPS) is 18.5. The topological polar surface area (TPSA) is 94.1 Å². The van der Waals surface area contributed by atoms with Crippen molar-refractivity contribution in [2.24, 2.45) is 11.7 Å². The van der Waals surface area contributed by atoms with Crippen molar-refractivity contribution >= 4 is 23.6 Å². The Hall–Kier alpha value is -2.35. The van der Waals surface area contributed by atoms with Gasteiger partial charge in [-0.1, -0.05) is 30.0 Å². The van der Waals surface area contributed by atoms with Crippen LogP contribution in [-0.2, 0) is 9.59 Å². The quantitative estimate of drug-likeness (QED) is 0.806. The highest BCUT2D eigenvalue weighted by atomic mass is 32.2. The summed E-state index contributed by atoms with van der Waals surface area (Å²) in [5.74, 6) is -0.581. The van der Waals surface area contributed by atoms with Gasteiger partial charge in [-0.25, -0.2) is 0 Å². The number of benzene rings is 1. The van der Waals surface area contributed by atoms with Gasteiger partial charge in [0, 0.05) is 13.1 Å². The van der Waals surface area contributed by atoms with Crippen LogP contribution < -0.4 is 5.73 Å². The van der Waals surface area contributed by atoms with E-state index in [1.54, 1.807) is 11.2 Å². The van der Waals surface area contributed by atoms with Crippen molar-refractivity contribution in [3.05, 3.63) is 36.2 Å². The lowest BCUT2D eigenvalue weighted by Crippen LogP contribution is -2.46. The largest absolute Gasteiger partial charge is 0.369 e. The minimum absolute atomic E-state index is 0.000263. The molecule has 1 aromatic carbocycles. The summed E-state index contributed by atoms with van der Waals surface area (Å²) in [6.07, 6.45) is 3.21. The molecular formula is C18H23N5O2S.